The van der Waals surface area contributed by atoms with Crippen LogP contribution in [-0.4, -0.2) is 4.98 Å². The van der Waals surface area contributed by atoms with Crippen molar-refractivity contribution < 1.29 is 4.74 Å². The minimum atomic E-state index is -0.118. The molecule has 3 nitrogen and oxygen atoms in total. The highest BCUT2D eigenvalue weighted by atomic mass is 79.9. The summed E-state index contributed by atoms with van der Waals surface area (Å²) in [6.45, 7) is 0. The van der Waals surface area contributed by atoms with Crippen molar-refractivity contribution in [3.63, 3.8) is 0 Å². The zero-order chi connectivity index (χ0) is 13.4. The van der Waals surface area contributed by atoms with Crippen LogP contribution in [0.25, 0.3) is 0 Å². The van der Waals surface area contributed by atoms with E-state index in [0.717, 1.165) is 32.4 Å². The zero-order valence-corrected chi connectivity index (χ0v) is 13.2. The van der Waals surface area contributed by atoms with Gasteiger partial charge in [0.05, 0.1) is 5.69 Å². The summed E-state index contributed by atoms with van der Waals surface area (Å²) in [6.07, 6.45) is 2.38. The Labute approximate surface area is 128 Å². The van der Waals surface area contributed by atoms with Gasteiger partial charge in [-0.3, -0.25) is 4.98 Å². The van der Waals surface area contributed by atoms with Crippen LogP contribution < -0.4 is 10.5 Å². The zero-order valence-electron chi connectivity index (χ0n) is 10.0. The second kappa shape index (κ2) is 5.23. The van der Waals surface area contributed by atoms with Crippen LogP contribution in [0, 0.1) is 0 Å². The van der Waals surface area contributed by atoms with Crippen molar-refractivity contribution in [3.05, 3.63) is 56.7 Å². The smallest absolute Gasteiger partial charge is 0.143 e. The van der Waals surface area contributed by atoms with Crippen LogP contribution in [0.3, 0.4) is 0 Å². The summed E-state index contributed by atoms with van der Waals surface area (Å²) in [5.74, 6) is 0.850. The minimum absolute atomic E-state index is 0.0210. The number of halogens is 2. The summed E-state index contributed by atoms with van der Waals surface area (Å²) in [7, 11) is 0. The van der Waals surface area contributed by atoms with Gasteiger partial charge >= 0.3 is 0 Å². The summed E-state index contributed by atoms with van der Waals surface area (Å²) in [6, 6.07) is 9.85. The number of benzene rings is 1. The first-order chi connectivity index (χ1) is 9.15. The second-order valence-electron chi connectivity index (χ2n) is 4.51. The molecule has 5 heteroatoms. The van der Waals surface area contributed by atoms with Crippen LogP contribution in [0.4, 0.5) is 0 Å². The molecule has 98 valence electrons. The van der Waals surface area contributed by atoms with Crippen LogP contribution >= 0.6 is 31.9 Å². The average molecular weight is 384 g/mol. The van der Waals surface area contributed by atoms with Crippen molar-refractivity contribution in [1.82, 2.24) is 4.98 Å². The molecule has 2 aromatic rings. The van der Waals surface area contributed by atoms with E-state index in [2.05, 4.69) is 36.8 Å². The van der Waals surface area contributed by atoms with Crippen LogP contribution in [-0.2, 0) is 0 Å². The molecule has 0 amide bonds. The molecular formula is C14H12Br2N2O. The first kappa shape index (κ1) is 13.1. The minimum Gasteiger partial charge on any atom is -0.484 e. The lowest BCUT2D eigenvalue weighted by Crippen LogP contribution is -2.24. The van der Waals surface area contributed by atoms with Gasteiger partial charge in [-0.2, -0.15) is 0 Å². The molecule has 2 atom stereocenters. The SMILES string of the molecule is N[C@@H]1CC(c2ncc(Br)cc2Br)Oc2ccccc21. The monoisotopic (exact) mass is 382 g/mol. The number of nitrogens with zero attached hydrogens (tertiary/aromatic N) is 1. The van der Waals surface area contributed by atoms with E-state index in [0.29, 0.717) is 0 Å². The topological polar surface area (TPSA) is 48.1 Å². The first-order valence-electron chi connectivity index (χ1n) is 5.97. The van der Waals surface area contributed by atoms with Crippen LogP contribution in [0.5, 0.6) is 5.75 Å². The maximum Gasteiger partial charge on any atom is 0.143 e. The summed E-state index contributed by atoms with van der Waals surface area (Å²) in [5, 5.41) is 0. The van der Waals surface area contributed by atoms with Crippen molar-refractivity contribution in [2.75, 3.05) is 0 Å². The van der Waals surface area contributed by atoms with Crippen LogP contribution in [0.15, 0.2) is 45.5 Å². The van der Waals surface area contributed by atoms with E-state index in [1.54, 1.807) is 6.20 Å². The fourth-order valence-electron chi connectivity index (χ4n) is 2.28. The summed E-state index contributed by atoms with van der Waals surface area (Å²) >= 11 is 6.93. The van der Waals surface area contributed by atoms with E-state index < -0.39 is 0 Å². The lowest BCUT2D eigenvalue weighted by molar-refractivity contribution is 0.156. The number of hydrogen-bond acceptors (Lipinski definition) is 3. The Bertz CT molecular complexity index is 618. The molecule has 0 saturated carbocycles. The van der Waals surface area contributed by atoms with E-state index in [9.17, 15) is 0 Å². The molecule has 3 rings (SSSR count). The molecule has 1 aliphatic rings. The lowest BCUT2D eigenvalue weighted by Gasteiger charge is -2.30. The predicted molar refractivity (Wildman–Crippen MR) is 81.0 cm³/mol. The average Bonchev–Trinajstić information content (AvgIpc) is 2.38. The standard InChI is InChI=1S/C14H12Br2N2O/c15-8-5-10(16)14(18-7-8)13-6-11(17)9-3-1-2-4-12(9)19-13/h1-5,7,11,13H,6,17H2/t11-,13?/m1/s1. The molecular weight excluding hydrogens is 372 g/mol. The first-order valence-corrected chi connectivity index (χ1v) is 7.56. The van der Waals surface area contributed by atoms with Crippen molar-refractivity contribution in [1.29, 1.82) is 0 Å². The Morgan fingerprint density at radius 1 is 1.26 bits per heavy atom. The lowest BCUT2D eigenvalue weighted by atomic mass is 9.96. The third-order valence-corrected chi connectivity index (χ3v) is 4.27. The van der Waals surface area contributed by atoms with Gasteiger partial charge in [-0.15, -0.1) is 0 Å². The molecule has 0 spiro atoms. The van der Waals surface area contributed by atoms with Gasteiger partial charge in [0, 0.05) is 33.2 Å². The highest BCUT2D eigenvalue weighted by molar-refractivity contribution is 9.11. The molecule has 0 radical (unpaired) electrons. The molecule has 0 aliphatic carbocycles. The molecule has 1 aromatic heterocycles. The maximum absolute atomic E-state index is 6.22. The summed E-state index contributed by atoms with van der Waals surface area (Å²) in [5.41, 5.74) is 8.17. The number of ether oxygens (including phenoxy) is 1. The molecule has 0 bridgehead atoms. The summed E-state index contributed by atoms with van der Waals surface area (Å²) < 4.78 is 7.88. The number of nitrogens with two attached hydrogens (primary N) is 1. The van der Waals surface area contributed by atoms with E-state index >= 15 is 0 Å². The Kier molecular flexibility index (Phi) is 3.60. The van der Waals surface area contributed by atoms with Gasteiger partial charge in [-0.25, -0.2) is 0 Å². The van der Waals surface area contributed by atoms with Gasteiger partial charge in [-0.05, 0) is 44.0 Å². The largest absolute Gasteiger partial charge is 0.484 e. The van der Waals surface area contributed by atoms with Gasteiger partial charge in [0.1, 0.15) is 11.9 Å². The fourth-order valence-corrected chi connectivity index (χ4v) is 3.53. The Hall–Kier alpha value is -0.910. The number of pyridine rings is 1. The Morgan fingerprint density at radius 3 is 2.84 bits per heavy atom. The maximum atomic E-state index is 6.22. The van der Waals surface area contributed by atoms with E-state index in [1.807, 2.05) is 30.3 Å². The van der Waals surface area contributed by atoms with Gasteiger partial charge in [0.15, 0.2) is 0 Å². The van der Waals surface area contributed by atoms with E-state index in [1.165, 1.54) is 0 Å². The van der Waals surface area contributed by atoms with Crippen molar-refractivity contribution >= 4 is 31.9 Å². The number of para-hydroxylation sites is 1. The fraction of sp³-hybridized carbons (Fsp3) is 0.214. The Morgan fingerprint density at radius 2 is 2.05 bits per heavy atom. The highest BCUT2D eigenvalue weighted by Crippen LogP contribution is 2.40. The van der Waals surface area contributed by atoms with E-state index in [4.69, 9.17) is 10.5 Å². The van der Waals surface area contributed by atoms with E-state index in [-0.39, 0.29) is 12.1 Å². The third-order valence-electron chi connectivity index (χ3n) is 3.20. The predicted octanol–water partition coefficient (Wildman–Crippen LogP) is 4.13. The number of rotatable bonds is 1. The molecule has 2 heterocycles. The number of hydrogen-bond donors (Lipinski definition) is 1. The van der Waals surface area contributed by atoms with Crippen molar-refractivity contribution in [2.24, 2.45) is 5.73 Å². The van der Waals surface area contributed by atoms with Crippen molar-refractivity contribution in [3.8, 4) is 5.75 Å². The molecule has 0 fully saturated rings. The van der Waals surface area contributed by atoms with Crippen LogP contribution in [0.2, 0.25) is 0 Å². The molecule has 1 aliphatic heterocycles. The number of aromatic nitrogens is 1. The third kappa shape index (κ3) is 2.55. The van der Waals surface area contributed by atoms with Gasteiger partial charge in [-0.1, -0.05) is 18.2 Å². The van der Waals surface area contributed by atoms with Gasteiger partial charge in [0.2, 0.25) is 0 Å². The van der Waals surface area contributed by atoms with Gasteiger partial charge < -0.3 is 10.5 Å². The number of fused-ring (bicyclic) bond motifs is 1. The quantitative estimate of drug-likeness (QED) is 0.805. The molecule has 2 N–H and O–H groups in total. The van der Waals surface area contributed by atoms with Crippen LogP contribution in [0.1, 0.15) is 29.8 Å². The van der Waals surface area contributed by atoms with Crippen molar-refractivity contribution in [2.45, 2.75) is 18.6 Å². The molecule has 19 heavy (non-hydrogen) atoms. The molecule has 1 unspecified atom stereocenters. The Balaban J connectivity index is 1.97. The normalized spacial score (nSPS) is 21.6. The molecule has 1 aromatic carbocycles. The summed E-state index contributed by atoms with van der Waals surface area (Å²) in [4.78, 5) is 4.43. The second-order valence-corrected chi connectivity index (χ2v) is 6.28. The van der Waals surface area contributed by atoms with Gasteiger partial charge in [0.25, 0.3) is 0 Å². The molecule has 0 saturated heterocycles. The highest BCUT2D eigenvalue weighted by Gasteiger charge is 2.28.